The second-order valence-electron chi connectivity index (χ2n) is 8.13. The number of thiazole rings is 1. The summed E-state index contributed by atoms with van der Waals surface area (Å²) in [5.74, 6) is 1.21. The average molecular weight is 398 g/mol. The Morgan fingerprint density at radius 3 is 2.61 bits per heavy atom. The summed E-state index contributed by atoms with van der Waals surface area (Å²) in [4.78, 5) is 20.6. The normalized spacial score (nSPS) is 16.2. The summed E-state index contributed by atoms with van der Waals surface area (Å²) in [6, 6.07) is 8.31. The highest BCUT2D eigenvalue weighted by Crippen LogP contribution is 2.26. The van der Waals surface area contributed by atoms with Gasteiger partial charge in [-0.2, -0.15) is 0 Å². The molecule has 1 aromatic carbocycles. The van der Waals surface area contributed by atoms with E-state index < -0.39 is 0 Å². The number of amides is 1. The Bertz CT molecular complexity index is 815. The second-order valence-corrected chi connectivity index (χ2v) is 9.21. The Kier molecular flexibility index (Phi) is 7.03. The molecule has 0 radical (unpaired) electrons. The lowest BCUT2D eigenvalue weighted by atomic mass is 9.99. The van der Waals surface area contributed by atoms with Gasteiger partial charge in [-0.15, -0.1) is 11.3 Å². The molecule has 0 unspecified atom stereocenters. The van der Waals surface area contributed by atoms with Gasteiger partial charge < -0.3 is 0 Å². The monoisotopic (exact) mass is 397 g/mol. The van der Waals surface area contributed by atoms with Crippen LogP contribution in [0.3, 0.4) is 0 Å². The first-order valence-electron chi connectivity index (χ1n) is 10.2. The molecule has 5 heteroatoms. The van der Waals surface area contributed by atoms with Crippen LogP contribution in [0.4, 0.5) is 5.13 Å². The molecule has 28 heavy (non-hydrogen) atoms. The number of nitrogens with one attached hydrogen (secondary N) is 1. The van der Waals surface area contributed by atoms with Crippen molar-refractivity contribution in [2.75, 3.05) is 18.4 Å². The zero-order valence-corrected chi connectivity index (χ0v) is 18.2. The number of hydrogen-bond acceptors (Lipinski definition) is 4. The van der Waals surface area contributed by atoms with Crippen LogP contribution in [0, 0.1) is 12.8 Å². The van der Waals surface area contributed by atoms with E-state index in [9.17, 15) is 4.79 Å². The van der Waals surface area contributed by atoms with Crippen LogP contribution in [-0.2, 0) is 11.3 Å². The molecule has 1 aliphatic heterocycles. The summed E-state index contributed by atoms with van der Waals surface area (Å²) >= 11 is 1.59. The Hall–Kier alpha value is -1.98. The van der Waals surface area contributed by atoms with Crippen molar-refractivity contribution in [1.82, 2.24) is 9.88 Å². The maximum Gasteiger partial charge on any atom is 0.250 e. The molecule has 1 saturated heterocycles. The lowest BCUT2D eigenvalue weighted by molar-refractivity contribution is -0.111. The van der Waals surface area contributed by atoms with Crippen molar-refractivity contribution in [1.29, 1.82) is 0 Å². The second kappa shape index (κ2) is 9.48. The summed E-state index contributed by atoms with van der Waals surface area (Å²) in [5, 5.41) is 3.59. The van der Waals surface area contributed by atoms with Gasteiger partial charge in [0.05, 0.1) is 5.69 Å². The Morgan fingerprint density at radius 1 is 1.29 bits per heavy atom. The zero-order valence-electron chi connectivity index (χ0n) is 17.4. The molecule has 150 valence electrons. The van der Waals surface area contributed by atoms with E-state index in [0.717, 1.165) is 36.8 Å². The van der Waals surface area contributed by atoms with Crippen LogP contribution < -0.4 is 5.32 Å². The van der Waals surface area contributed by atoms with Gasteiger partial charge in [-0.05, 0) is 61.9 Å². The predicted octanol–water partition coefficient (Wildman–Crippen LogP) is 5.46. The number of carbonyl (C=O) groups excluding carboxylic acids is 1. The number of carbonyl (C=O) groups is 1. The minimum Gasteiger partial charge on any atom is -0.298 e. The lowest BCUT2D eigenvalue weighted by Crippen LogP contribution is -2.32. The van der Waals surface area contributed by atoms with Gasteiger partial charge in [0.15, 0.2) is 5.13 Å². The highest BCUT2D eigenvalue weighted by atomic mass is 32.1. The number of hydrogen-bond donors (Lipinski definition) is 1. The molecule has 2 aromatic rings. The van der Waals surface area contributed by atoms with Crippen molar-refractivity contribution in [2.24, 2.45) is 5.92 Å². The fourth-order valence-electron chi connectivity index (χ4n) is 3.36. The van der Waals surface area contributed by atoms with Gasteiger partial charge in [0, 0.05) is 17.5 Å². The van der Waals surface area contributed by atoms with Crippen LogP contribution in [0.25, 0.3) is 6.08 Å². The number of benzene rings is 1. The van der Waals surface area contributed by atoms with Gasteiger partial charge >= 0.3 is 0 Å². The van der Waals surface area contributed by atoms with Crippen molar-refractivity contribution in [3.8, 4) is 0 Å². The fraction of sp³-hybridized carbons (Fsp3) is 0.478. The average Bonchev–Trinajstić information content (AvgIpc) is 3.01. The SMILES string of the molecule is Cc1nc(NC(=O)/C=C/c2ccc(C(C)C)cc2)sc1CN1CCC(C)CC1. The van der Waals surface area contributed by atoms with Crippen LogP contribution in [0.1, 0.15) is 61.2 Å². The van der Waals surface area contributed by atoms with Gasteiger partial charge in [0.1, 0.15) is 0 Å². The summed E-state index contributed by atoms with van der Waals surface area (Å²) in [6.07, 6.45) is 5.96. The van der Waals surface area contributed by atoms with Gasteiger partial charge in [0.2, 0.25) is 5.91 Å². The van der Waals surface area contributed by atoms with Crippen molar-refractivity contribution in [3.63, 3.8) is 0 Å². The third-order valence-electron chi connectivity index (χ3n) is 5.40. The highest BCUT2D eigenvalue weighted by molar-refractivity contribution is 7.15. The van der Waals surface area contributed by atoms with E-state index in [0.29, 0.717) is 11.0 Å². The number of aryl methyl sites for hydroxylation is 1. The summed E-state index contributed by atoms with van der Waals surface area (Å²) in [7, 11) is 0. The number of anilines is 1. The van der Waals surface area contributed by atoms with E-state index in [1.807, 2.05) is 25.1 Å². The first kappa shape index (κ1) is 20.7. The number of piperidine rings is 1. The smallest absolute Gasteiger partial charge is 0.250 e. The van der Waals surface area contributed by atoms with Crippen LogP contribution >= 0.6 is 11.3 Å². The number of likely N-dealkylation sites (tertiary alicyclic amines) is 1. The molecule has 4 nitrogen and oxygen atoms in total. The Balaban J connectivity index is 1.55. The molecule has 3 rings (SSSR count). The van der Waals surface area contributed by atoms with Gasteiger partial charge in [0.25, 0.3) is 0 Å². The number of nitrogens with zero attached hydrogens (tertiary/aromatic N) is 2. The predicted molar refractivity (Wildman–Crippen MR) is 119 cm³/mol. The molecule has 1 aromatic heterocycles. The molecule has 1 N–H and O–H groups in total. The van der Waals surface area contributed by atoms with Gasteiger partial charge in [-0.1, -0.05) is 45.0 Å². The molecular formula is C23H31N3OS. The zero-order chi connectivity index (χ0) is 20.1. The van der Waals surface area contributed by atoms with E-state index in [1.165, 1.54) is 23.3 Å². The topological polar surface area (TPSA) is 45.2 Å². The van der Waals surface area contributed by atoms with E-state index in [2.05, 4.69) is 48.1 Å². The van der Waals surface area contributed by atoms with E-state index in [4.69, 9.17) is 0 Å². The van der Waals surface area contributed by atoms with Gasteiger partial charge in [-0.3, -0.25) is 15.0 Å². The summed E-state index contributed by atoms with van der Waals surface area (Å²) in [5.41, 5.74) is 3.35. The summed E-state index contributed by atoms with van der Waals surface area (Å²) < 4.78 is 0. The first-order chi connectivity index (χ1) is 13.4. The molecular weight excluding hydrogens is 366 g/mol. The van der Waals surface area contributed by atoms with E-state index >= 15 is 0 Å². The van der Waals surface area contributed by atoms with Crippen LogP contribution in [-0.4, -0.2) is 28.9 Å². The van der Waals surface area contributed by atoms with Crippen molar-refractivity contribution >= 4 is 28.5 Å². The summed E-state index contributed by atoms with van der Waals surface area (Å²) in [6.45, 7) is 11.9. The molecule has 0 atom stereocenters. The number of rotatable bonds is 6. The Morgan fingerprint density at radius 2 is 1.96 bits per heavy atom. The van der Waals surface area contributed by atoms with Crippen molar-refractivity contribution in [3.05, 3.63) is 52.0 Å². The molecule has 0 bridgehead atoms. The third kappa shape index (κ3) is 5.76. The van der Waals surface area contributed by atoms with Crippen LogP contribution in [0.5, 0.6) is 0 Å². The van der Waals surface area contributed by atoms with E-state index in [1.54, 1.807) is 17.4 Å². The van der Waals surface area contributed by atoms with Crippen molar-refractivity contribution < 1.29 is 4.79 Å². The fourth-order valence-corrected chi connectivity index (χ4v) is 4.37. The van der Waals surface area contributed by atoms with Crippen LogP contribution in [0.15, 0.2) is 30.3 Å². The van der Waals surface area contributed by atoms with Crippen LogP contribution in [0.2, 0.25) is 0 Å². The largest absolute Gasteiger partial charge is 0.298 e. The minimum absolute atomic E-state index is 0.139. The molecule has 1 aliphatic rings. The quantitative estimate of drug-likeness (QED) is 0.659. The first-order valence-corrected chi connectivity index (χ1v) is 11.0. The third-order valence-corrected chi connectivity index (χ3v) is 6.45. The molecule has 0 spiro atoms. The molecule has 1 amide bonds. The lowest BCUT2D eigenvalue weighted by Gasteiger charge is -2.29. The molecule has 0 saturated carbocycles. The Labute approximate surface area is 172 Å². The molecule has 2 heterocycles. The highest BCUT2D eigenvalue weighted by Gasteiger charge is 2.18. The van der Waals surface area contributed by atoms with E-state index in [-0.39, 0.29) is 5.91 Å². The van der Waals surface area contributed by atoms with Crippen molar-refractivity contribution in [2.45, 2.75) is 53.0 Å². The maximum atomic E-state index is 12.3. The number of aromatic nitrogens is 1. The maximum absolute atomic E-state index is 12.3. The molecule has 0 aliphatic carbocycles. The van der Waals surface area contributed by atoms with Gasteiger partial charge in [-0.25, -0.2) is 4.98 Å². The minimum atomic E-state index is -0.139. The standard InChI is InChI=1S/C23H31N3OS/c1-16(2)20-8-5-19(6-9-20)7-10-22(27)25-23-24-18(4)21(28-23)15-26-13-11-17(3)12-14-26/h5-10,16-17H,11-15H2,1-4H3,(H,24,25,27)/b10-7+. The molecule has 1 fully saturated rings.